The Morgan fingerprint density at radius 2 is 2.02 bits per heavy atom. The van der Waals surface area contributed by atoms with E-state index in [0.717, 1.165) is 22.7 Å². The molecule has 0 radical (unpaired) electrons. The SMILES string of the molecule is C=CCOc1cc(C(Nc2ccc(C(=N)N)cc2)c2nn(-c3ncccn3)c(=O)[nH]2)cc2c1OCOC2.CC(=O)O. The van der Waals surface area contributed by atoms with Crippen molar-refractivity contribution in [1.82, 2.24) is 24.7 Å². The number of aromatic amines is 1. The summed E-state index contributed by atoms with van der Waals surface area (Å²) in [6.45, 7) is 5.53. The predicted octanol–water partition coefficient (Wildman–Crippen LogP) is 2.36. The van der Waals surface area contributed by atoms with Crippen molar-refractivity contribution in [3.05, 3.63) is 101 Å². The fraction of sp³-hybridized carbons (Fsp3) is 0.185. The first-order chi connectivity index (χ1) is 19.8. The van der Waals surface area contributed by atoms with E-state index in [1.165, 1.54) is 12.4 Å². The topological polar surface area (TPSA) is 203 Å². The number of carboxylic acids is 1. The van der Waals surface area contributed by atoms with Crippen molar-refractivity contribution in [1.29, 1.82) is 5.41 Å². The van der Waals surface area contributed by atoms with Crippen LogP contribution in [0.1, 0.15) is 35.5 Å². The van der Waals surface area contributed by atoms with E-state index in [4.69, 9.17) is 35.3 Å². The van der Waals surface area contributed by atoms with E-state index in [9.17, 15) is 4.79 Å². The quantitative estimate of drug-likeness (QED) is 0.114. The Morgan fingerprint density at radius 1 is 1.32 bits per heavy atom. The Balaban J connectivity index is 0.000000909. The number of anilines is 1. The number of hydrogen-bond acceptors (Lipinski definition) is 10. The smallest absolute Gasteiger partial charge is 0.350 e. The number of ether oxygens (including phenoxy) is 3. The predicted molar refractivity (Wildman–Crippen MR) is 148 cm³/mol. The molecule has 1 atom stereocenters. The minimum atomic E-state index is -0.833. The number of carbonyl (C=O) groups is 1. The van der Waals surface area contributed by atoms with Gasteiger partial charge in [-0.3, -0.25) is 15.2 Å². The summed E-state index contributed by atoms with van der Waals surface area (Å²) in [6, 6.07) is 11.8. The second-order valence-corrected chi connectivity index (χ2v) is 8.58. The number of benzene rings is 2. The molecule has 0 fully saturated rings. The molecule has 1 aliphatic heterocycles. The summed E-state index contributed by atoms with van der Waals surface area (Å²) in [6.07, 6.45) is 4.70. The minimum Gasteiger partial charge on any atom is -0.486 e. The number of hydrogen-bond donors (Lipinski definition) is 5. The van der Waals surface area contributed by atoms with Crippen LogP contribution >= 0.6 is 0 Å². The highest BCUT2D eigenvalue weighted by Crippen LogP contribution is 2.39. The average molecular weight is 561 g/mol. The van der Waals surface area contributed by atoms with Crippen molar-refractivity contribution in [3.63, 3.8) is 0 Å². The molecule has 3 heterocycles. The monoisotopic (exact) mass is 560 g/mol. The lowest BCUT2D eigenvalue weighted by Crippen LogP contribution is -2.18. The minimum absolute atomic E-state index is 0.0345. The van der Waals surface area contributed by atoms with E-state index in [2.05, 4.69) is 31.9 Å². The fourth-order valence-electron chi connectivity index (χ4n) is 3.86. The van der Waals surface area contributed by atoms with Crippen molar-refractivity contribution >= 4 is 17.5 Å². The summed E-state index contributed by atoms with van der Waals surface area (Å²) in [5, 5.41) is 23.0. The van der Waals surface area contributed by atoms with Gasteiger partial charge in [0.15, 0.2) is 24.1 Å². The number of nitrogens with one attached hydrogen (secondary N) is 3. The van der Waals surface area contributed by atoms with Crippen LogP contribution in [0.15, 0.2) is 72.3 Å². The van der Waals surface area contributed by atoms with Crippen LogP contribution in [-0.2, 0) is 16.1 Å². The molecule has 6 N–H and O–H groups in total. The molecule has 1 unspecified atom stereocenters. The number of H-pyrrole nitrogens is 1. The molecule has 14 heteroatoms. The van der Waals surface area contributed by atoms with Crippen LogP contribution in [0, 0.1) is 5.41 Å². The molecular weight excluding hydrogens is 532 g/mol. The molecule has 0 amide bonds. The Hall–Kier alpha value is -5.50. The number of nitrogens with two attached hydrogens (primary N) is 1. The van der Waals surface area contributed by atoms with Gasteiger partial charge in [0.25, 0.3) is 11.9 Å². The van der Waals surface area contributed by atoms with Gasteiger partial charge in [0.05, 0.1) is 6.61 Å². The van der Waals surface area contributed by atoms with Gasteiger partial charge in [-0.25, -0.2) is 14.8 Å². The van der Waals surface area contributed by atoms with Crippen LogP contribution in [-0.4, -0.2) is 55.0 Å². The lowest BCUT2D eigenvalue weighted by atomic mass is 10.0. The highest BCUT2D eigenvalue weighted by atomic mass is 16.7. The molecule has 0 spiro atoms. The molecule has 2 aromatic carbocycles. The highest BCUT2D eigenvalue weighted by molar-refractivity contribution is 5.95. The Labute approximate surface area is 233 Å². The van der Waals surface area contributed by atoms with E-state index in [1.807, 2.05) is 12.1 Å². The number of amidine groups is 1. The Kier molecular flexibility index (Phi) is 9.06. The van der Waals surface area contributed by atoms with Gasteiger partial charge in [-0.15, -0.1) is 9.78 Å². The molecular formula is C27H28N8O6. The first-order valence-electron chi connectivity index (χ1n) is 12.2. The zero-order valence-electron chi connectivity index (χ0n) is 22.0. The lowest BCUT2D eigenvalue weighted by Gasteiger charge is -2.24. The molecule has 4 aromatic rings. The van der Waals surface area contributed by atoms with Crippen molar-refractivity contribution in [2.24, 2.45) is 5.73 Å². The molecule has 1 aliphatic rings. The summed E-state index contributed by atoms with van der Waals surface area (Å²) < 4.78 is 18.2. The Bertz CT molecular complexity index is 1580. The van der Waals surface area contributed by atoms with Crippen molar-refractivity contribution in [3.8, 4) is 17.4 Å². The maximum atomic E-state index is 12.8. The van der Waals surface area contributed by atoms with Gasteiger partial charge in [-0.05, 0) is 48.0 Å². The summed E-state index contributed by atoms with van der Waals surface area (Å²) in [7, 11) is 0. The normalized spacial score (nSPS) is 12.5. The van der Waals surface area contributed by atoms with Crippen molar-refractivity contribution < 1.29 is 24.1 Å². The van der Waals surface area contributed by atoms with Crippen LogP contribution in [0.3, 0.4) is 0 Å². The van der Waals surface area contributed by atoms with Crippen LogP contribution in [0.4, 0.5) is 5.69 Å². The van der Waals surface area contributed by atoms with E-state index in [0.29, 0.717) is 35.2 Å². The van der Waals surface area contributed by atoms with Gasteiger partial charge in [0.2, 0.25) is 0 Å². The average Bonchev–Trinajstić information content (AvgIpc) is 3.36. The first-order valence-corrected chi connectivity index (χ1v) is 12.2. The number of fused-ring (bicyclic) bond motifs is 1. The molecule has 41 heavy (non-hydrogen) atoms. The maximum Gasteiger partial charge on any atom is 0.350 e. The summed E-state index contributed by atoms with van der Waals surface area (Å²) in [4.78, 5) is 32.9. The van der Waals surface area contributed by atoms with E-state index < -0.39 is 17.7 Å². The van der Waals surface area contributed by atoms with Crippen molar-refractivity contribution in [2.75, 3.05) is 18.7 Å². The van der Waals surface area contributed by atoms with E-state index in [-0.39, 0.29) is 25.2 Å². The third-order valence-corrected chi connectivity index (χ3v) is 5.55. The summed E-state index contributed by atoms with van der Waals surface area (Å²) in [5.74, 6) is 0.704. The van der Waals surface area contributed by atoms with Gasteiger partial charge in [-0.1, -0.05) is 12.7 Å². The molecule has 0 bridgehead atoms. The van der Waals surface area contributed by atoms with Gasteiger partial charge < -0.3 is 30.4 Å². The number of carboxylic acid groups (broad SMARTS) is 1. The van der Waals surface area contributed by atoms with Gasteiger partial charge >= 0.3 is 5.69 Å². The Morgan fingerprint density at radius 3 is 2.68 bits per heavy atom. The van der Waals surface area contributed by atoms with Gasteiger partial charge in [0.1, 0.15) is 18.5 Å². The second kappa shape index (κ2) is 13.0. The zero-order valence-corrected chi connectivity index (χ0v) is 22.0. The number of nitrogens with zero attached hydrogens (tertiary/aromatic N) is 4. The number of aromatic nitrogens is 5. The first kappa shape index (κ1) is 28.5. The molecule has 5 rings (SSSR count). The van der Waals surface area contributed by atoms with Crippen LogP contribution < -0.4 is 26.2 Å². The van der Waals surface area contributed by atoms with Gasteiger partial charge in [-0.2, -0.15) is 0 Å². The standard InChI is InChI=1S/C25H24N8O4.C2H4O2/c1-2-10-36-19-12-16(11-17-13-35-14-37-21(17)19)20(30-18-6-4-15(5-7-18)22(26)27)23-31-25(34)33(32-23)24-28-8-3-9-29-24;1-2(3)4/h2-9,11-12,20,30H,1,10,13-14H2,(H3,26,27)(H,31,32,34);1H3,(H,3,4). The number of rotatable bonds is 9. The van der Waals surface area contributed by atoms with Crippen LogP contribution in [0.25, 0.3) is 5.95 Å². The summed E-state index contributed by atoms with van der Waals surface area (Å²) >= 11 is 0. The summed E-state index contributed by atoms with van der Waals surface area (Å²) in [5.41, 5.74) is 7.92. The third-order valence-electron chi connectivity index (χ3n) is 5.55. The third kappa shape index (κ3) is 7.13. The molecule has 14 nitrogen and oxygen atoms in total. The van der Waals surface area contributed by atoms with Crippen LogP contribution in [0.5, 0.6) is 11.5 Å². The highest BCUT2D eigenvalue weighted by Gasteiger charge is 2.26. The number of nitrogen functional groups attached to an aromatic ring is 1. The van der Waals surface area contributed by atoms with Crippen molar-refractivity contribution in [2.45, 2.75) is 19.6 Å². The molecule has 2 aromatic heterocycles. The lowest BCUT2D eigenvalue weighted by molar-refractivity contribution is -0.134. The largest absolute Gasteiger partial charge is 0.486 e. The maximum absolute atomic E-state index is 12.8. The zero-order chi connectivity index (χ0) is 29.4. The molecule has 0 aliphatic carbocycles. The second-order valence-electron chi connectivity index (χ2n) is 8.58. The molecule has 212 valence electrons. The van der Waals surface area contributed by atoms with E-state index in [1.54, 1.807) is 36.4 Å². The van der Waals surface area contributed by atoms with Crippen LogP contribution in [0.2, 0.25) is 0 Å². The number of aliphatic carboxylic acids is 1. The van der Waals surface area contributed by atoms with Gasteiger partial charge in [0, 0.05) is 36.1 Å². The molecule has 0 saturated heterocycles. The fourth-order valence-corrected chi connectivity index (χ4v) is 3.86. The molecule has 0 saturated carbocycles. The van der Waals surface area contributed by atoms with E-state index >= 15 is 0 Å².